The monoisotopic (exact) mass is 498 g/mol. The van der Waals surface area contributed by atoms with Crippen LogP contribution in [-0.2, 0) is 14.9 Å². The van der Waals surface area contributed by atoms with Gasteiger partial charge >= 0.3 is 0 Å². The van der Waals surface area contributed by atoms with Gasteiger partial charge in [0.2, 0.25) is 0 Å². The van der Waals surface area contributed by atoms with Gasteiger partial charge in [0.15, 0.2) is 6.79 Å². The summed E-state index contributed by atoms with van der Waals surface area (Å²) >= 11 is 6.93. The van der Waals surface area contributed by atoms with E-state index < -0.39 is 0 Å². The van der Waals surface area contributed by atoms with Crippen LogP contribution < -0.4 is 4.74 Å². The molecule has 4 saturated carbocycles. The molecule has 4 fully saturated rings. The third-order valence-electron chi connectivity index (χ3n) is 6.62. The molecule has 27 heavy (non-hydrogen) atoms. The normalized spacial score (nSPS) is 31.1. The van der Waals surface area contributed by atoms with Gasteiger partial charge < -0.3 is 14.2 Å². The Bertz CT molecular complexity index is 662. The zero-order chi connectivity index (χ0) is 18.9. The molecule has 3 nitrogen and oxygen atoms in total. The Kier molecular flexibility index (Phi) is 6.32. The van der Waals surface area contributed by atoms with Gasteiger partial charge in [-0.05, 0) is 111 Å². The number of halogens is 2. The lowest BCUT2D eigenvalue weighted by molar-refractivity contribution is -0.0189. The molecule has 0 heterocycles. The third-order valence-corrected chi connectivity index (χ3v) is 7.08. The van der Waals surface area contributed by atoms with Crippen LogP contribution in [0.25, 0.3) is 6.08 Å². The van der Waals surface area contributed by atoms with Crippen molar-refractivity contribution in [2.75, 3.05) is 27.1 Å². The van der Waals surface area contributed by atoms with E-state index in [1.165, 1.54) is 44.1 Å². The van der Waals surface area contributed by atoms with Crippen LogP contribution in [0.3, 0.4) is 0 Å². The van der Waals surface area contributed by atoms with Crippen molar-refractivity contribution in [3.8, 4) is 5.75 Å². The molecule has 1 aromatic carbocycles. The predicted molar refractivity (Wildman–Crippen MR) is 115 cm³/mol. The average molecular weight is 500 g/mol. The lowest BCUT2D eigenvalue weighted by atomic mass is 9.48. The highest BCUT2D eigenvalue weighted by molar-refractivity contribution is 9.28. The van der Waals surface area contributed by atoms with E-state index in [-0.39, 0.29) is 6.79 Å². The van der Waals surface area contributed by atoms with E-state index in [0.29, 0.717) is 18.6 Å². The summed E-state index contributed by atoms with van der Waals surface area (Å²) in [6.07, 6.45) is 10.4. The van der Waals surface area contributed by atoms with Gasteiger partial charge in [0, 0.05) is 12.7 Å². The molecule has 0 saturated heterocycles. The van der Waals surface area contributed by atoms with Gasteiger partial charge in [-0.1, -0.05) is 12.1 Å². The first-order valence-corrected chi connectivity index (χ1v) is 11.5. The maximum Gasteiger partial charge on any atom is 0.189 e. The SMILES string of the molecule is COCCOCOc1cc(C=C(Br)Br)ccc1C12CC3CC(CC(C3)C1)C2. The van der Waals surface area contributed by atoms with Crippen LogP contribution in [-0.4, -0.2) is 27.1 Å². The van der Waals surface area contributed by atoms with Crippen LogP contribution in [0.4, 0.5) is 0 Å². The van der Waals surface area contributed by atoms with Crippen molar-refractivity contribution in [3.63, 3.8) is 0 Å². The van der Waals surface area contributed by atoms with E-state index in [9.17, 15) is 0 Å². The van der Waals surface area contributed by atoms with Crippen molar-refractivity contribution in [3.05, 3.63) is 32.7 Å². The van der Waals surface area contributed by atoms with E-state index in [4.69, 9.17) is 14.2 Å². The number of hydrogen-bond donors (Lipinski definition) is 0. The molecule has 148 valence electrons. The van der Waals surface area contributed by atoms with Gasteiger partial charge in [0.1, 0.15) is 5.75 Å². The Morgan fingerprint density at radius 3 is 2.33 bits per heavy atom. The standard InChI is InChI=1S/C22H28Br2O3/c1-25-4-5-26-14-27-20-9-15(10-21(23)24)2-3-19(20)22-11-16-6-17(12-22)8-18(7-16)13-22/h2-3,9-10,16-18H,4-8,11-14H2,1H3. The van der Waals surface area contributed by atoms with E-state index >= 15 is 0 Å². The summed E-state index contributed by atoms with van der Waals surface area (Å²) in [5.41, 5.74) is 2.84. The van der Waals surface area contributed by atoms with Crippen LogP contribution in [0, 0.1) is 17.8 Å². The molecule has 4 aliphatic rings. The fourth-order valence-electron chi connectivity index (χ4n) is 6.06. The molecule has 0 N–H and O–H groups in total. The summed E-state index contributed by atoms with van der Waals surface area (Å²) in [5.74, 6) is 3.74. The van der Waals surface area contributed by atoms with Crippen LogP contribution in [0.5, 0.6) is 5.75 Å². The molecule has 5 heteroatoms. The van der Waals surface area contributed by atoms with E-state index in [0.717, 1.165) is 32.5 Å². The zero-order valence-electron chi connectivity index (χ0n) is 15.9. The highest BCUT2D eigenvalue weighted by Gasteiger charge is 2.52. The van der Waals surface area contributed by atoms with Gasteiger partial charge in [-0.25, -0.2) is 0 Å². The Hall–Kier alpha value is -0.360. The molecule has 4 bridgehead atoms. The zero-order valence-corrected chi connectivity index (χ0v) is 19.1. The van der Waals surface area contributed by atoms with Crippen molar-refractivity contribution in [2.45, 2.75) is 43.9 Å². The highest BCUT2D eigenvalue weighted by Crippen LogP contribution is 2.61. The Morgan fingerprint density at radius 1 is 1.07 bits per heavy atom. The number of benzene rings is 1. The number of rotatable bonds is 8. The summed E-state index contributed by atoms with van der Waals surface area (Å²) in [7, 11) is 1.68. The van der Waals surface area contributed by atoms with Crippen molar-refractivity contribution < 1.29 is 14.2 Å². The number of ether oxygens (including phenoxy) is 3. The van der Waals surface area contributed by atoms with Crippen LogP contribution in [0.2, 0.25) is 0 Å². The van der Waals surface area contributed by atoms with Crippen LogP contribution in [0.15, 0.2) is 21.6 Å². The van der Waals surface area contributed by atoms with E-state index in [1.54, 1.807) is 7.11 Å². The molecular formula is C22H28Br2O3. The van der Waals surface area contributed by atoms with Crippen molar-refractivity contribution in [2.24, 2.45) is 17.8 Å². The first-order chi connectivity index (χ1) is 13.1. The number of methoxy groups -OCH3 is 1. The fraction of sp³-hybridized carbons (Fsp3) is 0.636. The largest absolute Gasteiger partial charge is 0.467 e. The third kappa shape index (κ3) is 4.47. The second-order valence-corrected chi connectivity index (χ2v) is 11.3. The molecule has 0 atom stereocenters. The van der Waals surface area contributed by atoms with Gasteiger partial charge in [-0.15, -0.1) is 0 Å². The minimum Gasteiger partial charge on any atom is -0.467 e. The maximum atomic E-state index is 6.16. The van der Waals surface area contributed by atoms with Gasteiger partial charge in [0.05, 0.1) is 16.6 Å². The van der Waals surface area contributed by atoms with Gasteiger partial charge in [0.25, 0.3) is 0 Å². The Labute approximate surface area is 179 Å². The smallest absolute Gasteiger partial charge is 0.189 e. The summed E-state index contributed by atoms with van der Waals surface area (Å²) < 4.78 is 17.7. The van der Waals surface area contributed by atoms with Gasteiger partial charge in [-0.2, -0.15) is 0 Å². The predicted octanol–water partition coefficient (Wildman–Crippen LogP) is 6.24. The molecule has 0 amide bonds. The van der Waals surface area contributed by atoms with Crippen molar-refractivity contribution >= 4 is 37.9 Å². The lowest BCUT2D eigenvalue weighted by Crippen LogP contribution is -2.48. The van der Waals surface area contributed by atoms with E-state index in [1.807, 2.05) is 0 Å². The topological polar surface area (TPSA) is 27.7 Å². The lowest BCUT2D eigenvalue weighted by Gasteiger charge is -2.57. The van der Waals surface area contributed by atoms with Crippen molar-refractivity contribution in [1.82, 2.24) is 0 Å². The fourth-order valence-corrected chi connectivity index (χ4v) is 6.59. The molecule has 0 radical (unpaired) electrons. The second-order valence-electron chi connectivity index (χ2n) is 8.55. The quantitative estimate of drug-likeness (QED) is 0.313. The van der Waals surface area contributed by atoms with Crippen LogP contribution in [0.1, 0.15) is 49.7 Å². The van der Waals surface area contributed by atoms with Crippen LogP contribution >= 0.6 is 31.9 Å². The minimum absolute atomic E-state index is 0.269. The highest BCUT2D eigenvalue weighted by atomic mass is 79.9. The number of hydrogen-bond acceptors (Lipinski definition) is 3. The van der Waals surface area contributed by atoms with Gasteiger partial charge in [-0.3, -0.25) is 0 Å². The molecule has 5 rings (SSSR count). The average Bonchev–Trinajstić information content (AvgIpc) is 2.60. The molecule has 4 aliphatic carbocycles. The first kappa shape index (κ1) is 19.9. The molecular weight excluding hydrogens is 472 g/mol. The molecule has 0 unspecified atom stereocenters. The Balaban J connectivity index is 1.60. The van der Waals surface area contributed by atoms with Crippen molar-refractivity contribution in [1.29, 1.82) is 0 Å². The summed E-state index contributed by atoms with van der Waals surface area (Å²) in [5, 5.41) is 0. The minimum atomic E-state index is 0.269. The molecule has 1 aromatic rings. The molecule has 0 aromatic heterocycles. The molecule has 0 aliphatic heterocycles. The summed E-state index contributed by atoms with van der Waals surface area (Å²) in [6.45, 7) is 1.41. The van der Waals surface area contributed by atoms with E-state index in [2.05, 4.69) is 56.1 Å². The second kappa shape index (κ2) is 8.56. The first-order valence-electron chi connectivity index (χ1n) is 9.95. The summed E-state index contributed by atoms with van der Waals surface area (Å²) in [4.78, 5) is 0. The molecule has 0 spiro atoms. The maximum absolute atomic E-state index is 6.16. The summed E-state index contributed by atoms with van der Waals surface area (Å²) in [6, 6.07) is 6.69. The Morgan fingerprint density at radius 2 is 1.74 bits per heavy atom.